The zero-order valence-electron chi connectivity index (χ0n) is 12.0. The molecular formula is C16H15BrN2O4. The van der Waals surface area contributed by atoms with Gasteiger partial charge in [-0.25, -0.2) is 0 Å². The number of rotatable bonds is 5. The fourth-order valence-electron chi connectivity index (χ4n) is 1.92. The average molecular weight is 379 g/mol. The predicted molar refractivity (Wildman–Crippen MR) is 88.6 cm³/mol. The first kappa shape index (κ1) is 16.8. The van der Waals surface area contributed by atoms with Crippen molar-refractivity contribution in [2.24, 2.45) is 0 Å². The van der Waals surface area contributed by atoms with Crippen LogP contribution in [0.15, 0.2) is 46.9 Å². The lowest BCUT2D eigenvalue weighted by molar-refractivity contribution is 0.0927. The SMILES string of the molecule is O=C(NCCNC(=O)c1ccccc1Br)c1cc(O)cc(O)c1. The highest BCUT2D eigenvalue weighted by molar-refractivity contribution is 9.10. The van der Waals surface area contributed by atoms with Gasteiger partial charge >= 0.3 is 0 Å². The molecule has 0 spiro atoms. The van der Waals surface area contributed by atoms with E-state index in [0.29, 0.717) is 10.0 Å². The molecule has 0 heterocycles. The fourth-order valence-corrected chi connectivity index (χ4v) is 2.39. The molecule has 2 aromatic carbocycles. The molecule has 7 heteroatoms. The van der Waals surface area contributed by atoms with Crippen LogP contribution in [0.4, 0.5) is 0 Å². The summed E-state index contributed by atoms with van der Waals surface area (Å²) >= 11 is 3.30. The number of amides is 2. The van der Waals surface area contributed by atoms with Gasteiger partial charge in [0, 0.05) is 29.2 Å². The molecule has 0 aliphatic rings. The number of nitrogens with one attached hydrogen (secondary N) is 2. The maximum Gasteiger partial charge on any atom is 0.252 e. The second kappa shape index (κ2) is 7.64. The standard InChI is InChI=1S/C16H15BrN2O4/c17-14-4-2-1-3-13(14)16(23)19-6-5-18-15(22)10-7-11(20)9-12(21)8-10/h1-4,7-9,20-21H,5-6H2,(H,18,22)(H,19,23). The number of benzene rings is 2. The maximum atomic E-state index is 11.9. The summed E-state index contributed by atoms with van der Waals surface area (Å²) in [7, 11) is 0. The van der Waals surface area contributed by atoms with Crippen molar-refractivity contribution >= 4 is 27.7 Å². The molecule has 2 aromatic rings. The van der Waals surface area contributed by atoms with Gasteiger partial charge in [-0.1, -0.05) is 12.1 Å². The summed E-state index contributed by atoms with van der Waals surface area (Å²) in [4.78, 5) is 23.8. The van der Waals surface area contributed by atoms with Crippen LogP contribution in [-0.4, -0.2) is 35.1 Å². The van der Waals surface area contributed by atoms with Crippen molar-refractivity contribution in [3.8, 4) is 11.5 Å². The molecule has 0 aliphatic heterocycles. The van der Waals surface area contributed by atoms with Crippen molar-refractivity contribution in [3.63, 3.8) is 0 Å². The third kappa shape index (κ3) is 4.72. The van der Waals surface area contributed by atoms with Gasteiger partial charge in [-0.05, 0) is 40.2 Å². The van der Waals surface area contributed by atoms with Crippen LogP contribution >= 0.6 is 15.9 Å². The van der Waals surface area contributed by atoms with E-state index < -0.39 is 5.91 Å². The number of carbonyl (C=O) groups excluding carboxylic acids is 2. The normalized spacial score (nSPS) is 10.1. The van der Waals surface area contributed by atoms with Crippen molar-refractivity contribution in [3.05, 3.63) is 58.1 Å². The molecule has 0 radical (unpaired) electrons. The lowest BCUT2D eigenvalue weighted by atomic mass is 10.2. The van der Waals surface area contributed by atoms with E-state index in [1.54, 1.807) is 18.2 Å². The third-order valence-corrected chi connectivity index (χ3v) is 3.67. The van der Waals surface area contributed by atoms with Gasteiger partial charge in [0.15, 0.2) is 0 Å². The van der Waals surface area contributed by atoms with Crippen molar-refractivity contribution in [2.75, 3.05) is 13.1 Å². The number of carbonyl (C=O) groups is 2. The zero-order valence-corrected chi connectivity index (χ0v) is 13.6. The minimum absolute atomic E-state index is 0.139. The Morgan fingerprint density at radius 2 is 1.48 bits per heavy atom. The topological polar surface area (TPSA) is 98.7 Å². The molecular weight excluding hydrogens is 364 g/mol. The molecule has 2 amide bonds. The fraction of sp³-hybridized carbons (Fsp3) is 0.125. The highest BCUT2D eigenvalue weighted by Crippen LogP contribution is 2.20. The molecule has 4 N–H and O–H groups in total. The van der Waals surface area contributed by atoms with Crippen LogP contribution in [0.25, 0.3) is 0 Å². The molecule has 0 aromatic heterocycles. The Morgan fingerprint density at radius 1 is 0.913 bits per heavy atom. The highest BCUT2D eigenvalue weighted by Gasteiger charge is 2.10. The lowest BCUT2D eigenvalue weighted by Crippen LogP contribution is -2.34. The molecule has 0 unspecified atom stereocenters. The maximum absolute atomic E-state index is 11.9. The van der Waals surface area contributed by atoms with Gasteiger partial charge in [0.05, 0.1) is 5.56 Å². The number of phenols is 2. The number of halogens is 1. The molecule has 0 saturated carbocycles. The van der Waals surface area contributed by atoms with Crippen molar-refractivity contribution in [1.82, 2.24) is 10.6 Å². The minimum Gasteiger partial charge on any atom is -0.508 e. The first-order valence-corrected chi connectivity index (χ1v) is 7.60. The summed E-state index contributed by atoms with van der Waals surface area (Å²) < 4.78 is 0.691. The van der Waals surface area contributed by atoms with E-state index in [9.17, 15) is 19.8 Å². The highest BCUT2D eigenvalue weighted by atomic mass is 79.9. The van der Waals surface area contributed by atoms with Crippen LogP contribution in [0.2, 0.25) is 0 Å². The summed E-state index contributed by atoms with van der Waals surface area (Å²) in [5.41, 5.74) is 0.649. The molecule has 23 heavy (non-hydrogen) atoms. The molecule has 2 rings (SSSR count). The summed E-state index contributed by atoms with van der Waals surface area (Å²) in [6, 6.07) is 10.7. The Morgan fingerprint density at radius 3 is 2.09 bits per heavy atom. The summed E-state index contributed by atoms with van der Waals surface area (Å²) in [5, 5.41) is 23.9. The quantitative estimate of drug-likeness (QED) is 0.598. The first-order chi connectivity index (χ1) is 11.0. The van der Waals surface area contributed by atoms with Crippen molar-refractivity contribution in [1.29, 1.82) is 0 Å². The second-order valence-corrected chi connectivity index (χ2v) is 5.58. The average Bonchev–Trinajstić information content (AvgIpc) is 2.50. The van der Waals surface area contributed by atoms with Crippen LogP contribution in [-0.2, 0) is 0 Å². The Labute approximate surface area is 141 Å². The van der Waals surface area contributed by atoms with E-state index in [4.69, 9.17) is 0 Å². The van der Waals surface area contributed by atoms with Crippen LogP contribution < -0.4 is 10.6 Å². The van der Waals surface area contributed by atoms with E-state index in [-0.39, 0.29) is 36.1 Å². The van der Waals surface area contributed by atoms with Gasteiger partial charge in [0.2, 0.25) is 0 Å². The first-order valence-electron chi connectivity index (χ1n) is 6.81. The number of phenolic OH excluding ortho intramolecular Hbond substituents is 2. The van der Waals surface area contributed by atoms with Gasteiger partial charge in [0.1, 0.15) is 11.5 Å². The van der Waals surface area contributed by atoms with Crippen LogP contribution in [0, 0.1) is 0 Å². The largest absolute Gasteiger partial charge is 0.508 e. The van der Waals surface area contributed by atoms with Gasteiger partial charge in [-0.3, -0.25) is 9.59 Å². The second-order valence-electron chi connectivity index (χ2n) is 4.73. The van der Waals surface area contributed by atoms with Gasteiger partial charge < -0.3 is 20.8 Å². The van der Waals surface area contributed by atoms with Gasteiger partial charge in [0.25, 0.3) is 11.8 Å². The Balaban J connectivity index is 1.82. The third-order valence-electron chi connectivity index (χ3n) is 2.98. The van der Waals surface area contributed by atoms with Gasteiger partial charge in [-0.15, -0.1) is 0 Å². The van der Waals surface area contributed by atoms with E-state index in [2.05, 4.69) is 26.6 Å². The lowest BCUT2D eigenvalue weighted by Gasteiger charge is -2.08. The molecule has 0 bridgehead atoms. The smallest absolute Gasteiger partial charge is 0.252 e. The molecule has 0 saturated heterocycles. The number of hydrogen-bond donors (Lipinski definition) is 4. The molecule has 0 aliphatic carbocycles. The van der Waals surface area contributed by atoms with Crippen LogP contribution in [0.1, 0.15) is 20.7 Å². The van der Waals surface area contributed by atoms with E-state index in [1.165, 1.54) is 12.1 Å². The predicted octanol–water partition coefficient (Wildman–Crippen LogP) is 2.02. The Hall–Kier alpha value is -2.54. The van der Waals surface area contributed by atoms with E-state index in [1.807, 2.05) is 6.07 Å². The van der Waals surface area contributed by atoms with E-state index >= 15 is 0 Å². The molecule has 0 atom stereocenters. The number of aromatic hydroxyl groups is 2. The molecule has 6 nitrogen and oxygen atoms in total. The Kier molecular flexibility index (Phi) is 5.59. The zero-order chi connectivity index (χ0) is 16.8. The minimum atomic E-state index is -0.452. The van der Waals surface area contributed by atoms with Crippen LogP contribution in [0.3, 0.4) is 0 Å². The molecule has 0 fully saturated rings. The summed E-state index contributed by atoms with van der Waals surface area (Å²) in [5.74, 6) is -1.09. The molecule has 120 valence electrons. The van der Waals surface area contributed by atoms with Gasteiger partial charge in [-0.2, -0.15) is 0 Å². The van der Waals surface area contributed by atoms with Crippen LogP contribution in [0.5, 0.6) is 11.5 Å². The monoisotopic (exact) mass is 378 g/mol. The number of hydrogen-bond acceptors (Lipinski definition) is 4. The summed E-state index contributed by atoms with van der Waals surface area (Å²) in [6.45, 7) is 0.460. The van der Waals surface area contributed by atoms with Crippen molar-refractivity contribution in [2.45, 2.75) is 0 Å². The Bertz CT molecular complexity index is 714. The van der Waals surface area contributed by atoms with Crippen molar-refractivity contribution < 1.29 is 19.8 Å². The van der Waals surface area contributed by atoms with E-state index in [0.717, 1.165) is 6.07 Å². The summed E-state index contributed by atoms with van der Waals surface area (Å²) in [6.07, 6.45) is 0.